The topological polar surface area (TPSA) is 78.7 Å². The van der Waals surface area contributed by atoms with Crippen molar-refractivity contribution < 1.29 is 19.2 Å². The Bertz CT molecular complexity index is 642. The Morgan fingerprint density at radius 3 is 2.59 bits per heavy atom. The van der Waals surface area contributed by atoms with Crippen molar-refractivity contribution in [1.29, 1.82) is 0 Å². The summed E-state index contributed by atoms with van der Waals surface area (Å²) in [7, 11) is 0. The van der Waals surface area contributed by atoms with Gasteiger partial charge in [0, 0.05) is 10.5 Å². The summed E-state index contributed by atoms with van der Waals surface area (Å²) in [6.07, 6.45) is 0. The third-order valence-corrected chi connectivity index (χ3v) is 3.24. The maximum atomic E-state index is 12.4. The van der Waals surface area contributed by atoms with Crippen LogP contribution < -0.4 is 4.74 Å². The lowest BCUT2D eigenvalue weighted by atomic mass is 9.87. The first-order valence-electron chi connectivity index (χ1n) is 7.01. The monoisotopic (exact) mass is 305 g/mol. The van der Waals surface area contributed by atoms with Crippen LogP contribution in [-0.4, -0.2) is 23.0 Å². The summed E-state index contributed by atoms with van der Waals surface area (Å²) in [5.74, 6) is -0.361. The van der Waals surface area contributed by atoms with Crippen LogP contribution in [-0.2, 0) is 9.53 Å². The smallest absolute Gasteiger partial charge is 0.338 e. The van der Waals surface area contributed by atoms with Crippen LogP contribution in [0.3, 0.4) is 0 Å². The molecule has 0 saturated heterocycles. The standard InChI is InChI=1S/C16H19NO5/c1-10-14(15(18)22-16(2,3)4)12(9-17(19)20)11-7-5-6-8-13(11)21-10/h5-8,12H,9H2,1-4H3/t12-/m1/s1. The summed E-state index contributed by atoms with van der Waals surface area (Å²) >= 11 is 0. The van der Waals surface area contributed by atoms with Crippen LogP contribution in [0.5, 0.6) is 5.75 Å². The Balaban J connectivity index is 2.45. The molecule has 2 rings (SSSR count). The van der Waals surface area contributed by atoms with E-state index in [1.165, 1.54) is 0 Å². The van der Waals surface area contributed by atoms with Gasteiger partial charge < -0.3 is 9.47 Å². The number of esters is 1. The average Bonchev–Trinajstić information content (AvgIpc) is 2.35. The second-order valence-electron chi connectivity index (χ2n) is 6.18. The first-order chi connectivity index (χ1) is 10.2. The fourth-order valence-corrected chi connectivity index (χ4v) is 2.44. The van der Waals surface area contributed by atoms with Crippen molar-refractivity contribution >= 4 is 5.97 Å². The van der Waals surface area contributed by atoms with Crippen LogP contribution in [0.2, 0.25) is 0 Å². The van der Waals surface area contributed by atoms with Crippen LogP contribution in [0.4, 0.5) is 0 Å². The lowest BCUT2D eigenvalue weighted by Gasteiger charge is -2.28. The largest absolute Gasteiger partial charge is 0.461 e. The van der Waals surface area contributed by atoms with E-state index >= 15 is 0 Å². The summed E-state index contributed by atoms with van der Waals surface area (Å²) < 4.78 is 11.0. The minimum Gasteiger partial charge on any atom is -0.461 e. The second-order valence-corrected chi connectivity index (χ2v) is 6.18. The lowest BCUT2D eigenvalue weighted by molar-refractivity contribution is -0.482. The molecule has 118 valence electrons. The van der Waals surface area contributed by atoms with Gasteiger partial charge in [0.15, 0.2) is 0 Å². The number of allylic oxidation sites excluding steroid dienone is 1. The molecule has 0 bridgehead atoms. The van der Waals surface area contributed by atoms with Gasteiger partial charge in [-0.05, 0) is 33.8 Å². The molecule has 22 heavy (non-hydrogen) atoms. The van der Waals surface area contributed by atoms with E-state index in [1.807, 2.05) is 0 Å². The number of benzene rings is 1. The van der Waals surface area contributed by atoms with Crippen molar-refractivity contribution in [2.45, 2.75) is 39.2 Å². The van der Waals surface area contributed by atoms with E-state index in [2.05, 4.69) is 0 Å². The molecule has 0 fully saturated rings. The Morgan fingerprint density at radius 1 is 1.36 bits per heavy atom. The highest BCUT2D eigenvalue weighted by Gasteiger charge is 2.37. The molecule has 0 N–H and O–H groups in total. The lowest BCUT2D eigenvalue weighted by Crippen LogP contribution is -2.31. The van der Waals surface area contributed by atoms with Crippen LogP contribution in [0.1, 0.15) is 39.2 Å². The van der Waals surface area contributed by atoms with E-state index in [1.54, 1.807) is 52.0 Å². The number of hydrogen-bond acceptors (Lipinski definition) is 5. The molecule has 0 aliphatic carbocycles. The summed E-state index contributed by atoms with van der Waals surface area (Å²) in [6.45, 7) is 6.50. The Hall–Kier alpha value is -2.37. The predicted molar refractivity (Wildman–Crippen MR) is 80.2 cm³/mol. The number of hydrogen-bond donors (Lipinski definition) is 0. The maximum absolute atomic E-state index is 12.4. The fraction of sp³-hybridized carbons (Fsp3) is 0.438. The van der Waals surface area contributed by atoms with Crippen LogP contribution in [0.15, 0.2) is 35.6 Å². The highest BCUT2D eigenvalue weighted by Crippen LogP contribution is 2.40. The van der Waals surface area contributed by atoms with Gasteiger partial charge in [-0.3, -0.25) is 10.1 Å². The van der Waals surface area contributed by atoms with Gasteiger partial charge in [0.2, 0.25) is 6.54 Å². The quantitative estimate of drug-likeness (QED) is 0.487. The summed E-state index contributed by atoms with van der Waals surface area (Å²) in [5.41, 5.74) is 0.163. The molecule has 0 saturated carbocycles. The van der Waals surface area contributed by atoms with Crippen molar-refractivity contribution in [2.24, 2.45) is 0 Å². The number of ether oxygens (including phenoxy) is 2. The van der Waals surface area contributed by atoms with Crippen molar-refractivity contribution in [2.75, 3.05) is 6.54 Å². The van der Waals surface area contributed by atoms with Gasteiger partial charge in [-0.1, -0.05) is 18.2 Å². The van der Waals surface area contributed by atoms with Crippen molar-refractivity contribution in [1.82, 2.24) is 0 Å². The molecule has 1 aliphatic heterocycles. The van der Waals surface area contributed by atoms with E-state index < -0.39 is 22.4 Å². The molecular formula is C16H19NO5. The fourth-order valence-electron chi connectivity index (χ4n) is 2.44. The van der Waals surface area contributed by atoms with E-state index in [4.69, 9.17) is 9.47 Å². The molecule has 0 amide bonds. The van der Waals surface area contributed by atoms with Crippen LogP contribution >= 0.6 is 0 Å². The molecule has 0 spiro atoms. The SMILES string of the molecule is CC1=C(C(=O)OC(C)(C)C)[C@H](C[N+](=O)[O-])c2ccccc2O1. The highest BCUT2D eigenvalue weighted by atomic mass is 16.6. The van der Waals surface area contributed by atoms with Gasteiger partial charge in [-0.15, -0.1) is 0 Å². The molecule has 1 heterocycles. The minimum atomic E-state index is -0.680. The van der Waals surface area contributed by atoms with E-state index in [9.17, 15) is 14.9 Å². The van der Waals surface area contributed by atoms with E-state index in [-0.39, 0.29) is 12.1 Å². The van der Waals surface area contributed by atoms with E-state index in [0.29, 0.717) is 17.1 Å². The number of carbonyl (C=O) groups is 1. The van der Waals surface area contributed by atoms with E-state index in [0.717, 1.165) is 0 Å². The van der Waals surface area contributed by atoms with Crippen LogP contribution in [0.25, 0.3) is 0 Å². The molecule has 6 nitrogen and oxygen atoms in total. The number of nitro groups is 1. The summed E-state index contributed by atoms with van der Waals surface area (Å²) in [4.78, 5) is 23.0. The Kier molecular flexibility index (Phi) is 4.21. The zero-order valence-corrected chi connectivity index (χ0v) is 13.1. The number of fused-ring (bicyclic) bond motifs is 1. The van der Waals surface area contributed by atoms with Crippen molar-refractivity contribution in [3.05, 3.63) is 51.3 Å². The molecule has 0 radical (unpaired) electrons. The Labute approximate surface area is 128 Å². The molecule has 1 aliphatic rings. The second kappa shape index (κ2) is 5.79. The molecular weight excluding hydrogens is 286 g/mol. The first kappa shape index (κ1) is 16.0. The zero-order valence-electron chi connectivity index (χ0n) is 13.1. The number of para-hydroxylation sites is 1. The molecule has 6 heteroatoms. The normalized spacial score (nSPS) is 17.5. The summed E-state index contributed by atoms with van der Waals surface area (Å²) in [5, 5.41) is 11.0. The molecule has 1 atom stereocenters. The van der Waals surface area contributed by atoms with Gasteiger partial charge in [-0.25, -0.2) is 4.79 Å². The van der Waals surface area contributed by atoms with Gasteiger partial charge in [0.05, 0.1) is 11.5 Å². The zero-order chi connectivity index (χ0) is 16.5. The first-order valence-corrected chi connectivity index (χ1v) is 7.01. The molecule has 0 unspecified atom stereocenters. The van der Waals surface area contributed by atoms with Crippen molar-refractivity contribution in [3.63, 3.8) is 0 Å². The number of nitrogens with zero attached hydrogens (tertiary/aromatic N) is 1. The third-order valence-electron chi connectivity index (χ3n) is 3.24. The molecule has 1 aromatic carbocycles. The highest BCUT2D eigenvalue weighted by molar-refractivity contribution is 5.92. The molecule has 0 aromatic heterocycles. The third kappa shape index (κ3) is 3.44. The predicted octanol–water partition coefficient (Wildman–Crippen LogP) is 3.06. The van der Waals surface area contributed by atoms with Gasteiger partial charge in [-0.2, -0.15) is 0 Å². The Morgan fingerprint density at radius 2 is 2.00 bits per heavy atom. The minimum absolute atomic E-state index is 0.213. The molecule has 1 aromatic rings. The van der Waals surface area contributed by atoms with Gasteiger partial charge >= 0.3 is 5.97 Å². The van der Waals surface area contributed by atoms with Gasteiger partial charge in [0.25, 0.3) is 0 Å². The number of carbonyl (C=O) groups excluding carboxylic acids is 1. The average molecular weight is 305 g/mol. The number of rotatable bonds is 3. The summed E-state index contributed by atoms with van der Waals surface area (Å²) in [6, 6.07) is 7.02. The maximum Gasteiger partial charge on any atom is 0.338 e. The van der Waals surface area contributed by atoms with Crippen LogP contribution in [0, 0.1) is 10.1 Å². The van der Waals surface area contributed by atoms with Crippen molar-refractivity contribution in [3.8, 4) is 5.75 Å². The van der Waals surface area contributed by atoms with Gasteiger partial charge in [0.1, 0.15) is 17.1 Å².